The van der Waals surface area contributed by atoms with Crippen molar-refractivity contribution in [3.05, 3.63) is 27.7 Å². The monoisotopic (exact) mass is 374 g/mol. The van der Waals surface area contributed by atoms with Gasteiger partial charge >= 0.3 is 0 Å². The fourth-order valence-corrected chi connectivity index (χ4v) is 5.39. The van der Waals surface area contributed by atoms with Crippen molar-refractivity contribution in [2.24, 2.45) is 0 Å². The van der Waals surface area contributed by atoms with Gasteiger partial charge in [0, 0.05) is 6.20 Å². The molecule has 3 rings (SSSR count). The normalized spacial score (nSPS) is 21.1. The Bertz CT molecular complexity index is 764. The largest absolute Gasteiger partial charge is 0.298 e. The van der Waals surface area contributed by atoms with Crippen LogP contribution in [0, 0.1) is 0 Å². The highest BCUT2D eigenvalue weighted by atomic mass is 79.9. The Labute approximate surface area is 128 Å². The second-order valence-corrected chi connectivity index (χ2v) is 9.38. The van der Waals surface area contributed by atoms with Crippen molar-refractivity contribution >= 4 is 43.4 Å². The number of hydrogen-bond acceptors (Lipinski definition) is 5. The van der Waals surface area contributed by atoms with Crippen LogP contribution in [0.4, 0.5) is 0 Å². The molecule has 8 heteroatoms. The molecule has 1 atom stereocenters. The molecule has 0 aromatic carbocycles. The van der Waals surface area contributed by atoms with Crippen molar-refractivity contribution in [2.45, 2.75) is 12.5 Å². The quantitative estimate of drug-likeness (QED) is 0.774. The summed E-state index contributed by atoms with van der Waals surface area (Å²) in [7, 11) is -2.97. The van der Waals surface area contributed by atoms with Crippen LogP contribution in [-0.4, -0.2) is 36.0 Å². The molecule has 1 fully saturated rings. The van der Waals surface area contributed by atoms with Crippen LogP contribution >= 0.6 is 27.3 Å². The molecule has 0 N–H and O–H groups in total. The van der Waals surface area contributed by atoms with Crippen LogP contribution < -0.4 is 0 Å². The first kappa shape index (κ1) is 14.0. The van der Waals surface area contributed by atoms with Gasteiger partial charge in [-0.3, -0.25) is 9.48 Å². The van der Waals surface area contributed by atoms with Crippen molar-refractivity contribution in [1.29, 1.82) is 0 Å². The first-order chi connectivity index (χ1) is 9.48. The first-order valence-corrected chi connectivity index (χ1v) is 9.42. The first-order valence-electron chi connectivity index (χ1n) is 5.99. The Morgan fingerprint density at radius 3 is 2.80 bits per heavy atom. The molecule has 1 aliphatic heterocycles. The van der Waals surface area contributed by atoms with Crippen molar-refractivity contribution in [2.75, 3.05) is 11.5 Å². The standard InChI is InChI=1S/C12H11BrN2O3S2/c13-11-2-1-10(19-11)12-8(6-16)5-15(14-12)9-3-4-20(17,18)7-9/h1-2,5-6,9H,3-4,7H2. The van der Waals surface area contributed by atoms with Crippen LogP contribution in [-0.2, 0) is 9.84 Å². The number of carbonyl (C=O) groups excluding carboxylic acids is 1. The molecule has 1 unspecified atom stereocenters. The van der Waals surface area contributed by atoms with Crippen molar-refractivity contribution in [3.63, 3.8) is 0 Å². The Hall–Kier alpha value is -0.990. The van der Waals surface area contributed by atoms with E-state index >= 15 is 0 Å². The molecule has 106 valence electrons. The lowest BCUT2D eigenvalue weighted by Gasteiger charge is -2.07. The van der Waals surface area contributed by atoms with Crippen molar-refractivity contribution < 1.29 is 13.2 Å². The summed E-state index contributed by atoms with van der Waals surface area (Å²) in [5.74, 6) is 0.286. The fourth-order valence-electron chi connectivity index (χ4n) is 2.30. The van der Waals surface area contributed by atoms with E-state index in [9.17, 15) is 13.2 Å². The van der Waals surface area contributed by atoms with Gasteiger partial charge in [0.05, 0.1) is 31.8 Å². The highest BCUT2D eigenvalue weighted by Crippen LogP contribution is 2.33. The Balaban J connectivity index is 1.99. The van der Waals surface area contributed by atoms with Crippen molar-refractivity contribution in [1.82, 2.24) is 9.78 Å². The minimum Gasteiger partial charge on any atom is -0.298 e. The van der Waals surface area contributed by atoms with Gasteiger partial charge in [-0.05, 0) is 34.5 Å². The second kappa shape index (κ2) is 5.09. The third-order valence-corrected chi connectivity index (χ3v) is 6.66. The molecule has 20 heavy (non-hydrogen) atoms. The predicted octanol–water partition coefficient (Wildman–Crippen LogP) is 2.55. The average molecular weight is 375 g/mol. The maximum atomic E-state index is 11.5. The minimum atomic E-state index is -2.97. The van der Waals surface area contributed by atoms with Gasteiger partial charge in [-0.2, -0.15) is 5.10 Å². The summed E-state index contributed by atoms with van der Waals surface area (Å²) in [5, 5.41) is 4.42. The Morgan fingerprint density at radius 1 is 1.45 bits per heavy atom. The van der Waals surface area contributed by atoms with E-state index in [4.69, 9.17) is 0 Å². The van der Waals surface area contributed by atoms with E-state index in [2.05, 4.69) is 21.0 Å². The number of aldehydes is 1. The number of rotatable bonds is 3. The van der Waals surface area contributed by atoms with E-state index in [1.165, 1.54) is 11.3 Å². The maximum Gasteiger partial charge on any atom is 0.153 e. The van der Waals surface area contributed by atoms with Crippen LogP contribution in [0.15, 0.2) is 22.1 Å². The van der Waals surface area contributed by atoms with E-state index in [1.807, 2.05) is 12.1 Å². The van der Waals surface area contributed by atoms with E-state index in [0.717, 1.165) is 14.9 Å². The number of aromatic nitrogens is 2. The molecular formula is C12H11BrN2O3S2. The van der Waals surface area contributed by atoms with E-state index in [-0.39, 0.29) is 17.5 Å². The Kier molecular flexibility index (Phi) is 3.55. The summed E-state index contributed by atoms with van der Waals surface area (Å²) in [6, 6.07) is 3.61. The van der Waals surface area contributed by atoms with Gasteiger partial charge in [-0.1, -0.05) is 0 Å². The molecule has 0 spiro atoms. The average Bonchev–Trinajstić information content (AvgIpc) is 3.06. The van der Waals surface area contributed by atoms with Gasteiger partial charge in [0.1, 0.15) is 5.69 Å². The summed E-state index contributed by atoms with van der Waals surface area (Å²) in [6.45, 7) is 0. The lowest BCUT2D eigenvalue weighted by molar-refractivity contribution is 0.112. The zero-order valence-corrected chi connectivity index (χ0v) is 13.5. The highest BCUT2D eigenvalue weighted by molar-refractivity contribution is 9.11. The molecule has 2 aromatic heterocycles. The van der Waals surface area contributed by atoms with Gasteiger partial charge in [0.25, 0.3) is 0 Å². The number of thiophene rings is 1. The van der Waals surface area contributed by atoms with Gasteiger partial charge < -0.3 is 0 Å². The van der Waals surface area contributed by atoms with Crippen molar-refractivity contribution in [3.8, 4) is 10.6 Å². The molecule has 0 bridgehead atoms. The van der Waals surface area contributed by atoms with Gasteiger partial charge in [-0.15, -0.1) is 11.3 Å². The van der Waals surface area contributed by atoms with E-state index < -0.39 is 9.84 Å². The molecule has 0 radical (unpaired) electrons. The predicted molar refractivity (Wildman–Crippen MR) is 80.9 cm³/mol. The number of hydrogen-bond donors (Lipinski definition) is 0. The highest BCUT2D eigenvalue weighted by Gasteiger charge is 2.30. The summed E-state index contributed by atoms with van der Waals surface area (Å²) in [4.78, 5) is 12.1. The molecule has 1 aliphatic rings. The number of carbonyl (C=O) groups is 1. The summed E-state index contributed by atoms with van der Waals surface area (Å²) < 4.78 is 25.7. The zero-order valence-electron chi connectivity index (χ0n) is 10.3. The third-order valence-electron chi connectivity index (χ3n) is 3.28. The SMILES string of the molecule is O=Cc1cn(C2CCS(=O)(=O)C2)nc1-c1ccc(Br)s1. The maximum absolute atomic E-state index is 11.5. The molecule has 0 saturated carbocycles. The molecule has 5 nitrogen and oxygen atoms in total. The van der Waals surface area contributed by atoms with Crippen LogP contribution in [0.1, 0.15) is 22.8 Å². The lowest BCUT2D eigenvalue weighted by atomic mass is 10.2. The molecule has 0 amide bonds. The second-order valence-electron chi connectivity index (χ2n) is 4.69. The summed E-state index contributed by atoms with van der Waals surface area (Å²) in [5.41, 5.74) is 1.10. The third kappa shape index (κ3) is 2.59. The summed E-state index contributed by atoms with van der Waals surface area (Å²) in [6.07, 6.45) is 2.95. The molecule has 3 heterocycles. The molecule has 0 aliphatic carbocycles. The van der Waals surface area contributed by atoms with E-state index in [1.54, 1.807) is 10.9 Å². The topological polar surface area (TPSA) is 69.0 Å². The van der Waals surface area contributed by atoms with Crippen LogP contribution in [0.3, 0.4) is 0 Å². The Morgan fingerprint density at radius 2 is 2.25 bits per heavy atom. The number of halogens is 1. The molecule has 2 aromatic rings. The van der Waals surface area contributed by atoms with Crippen LogP contribution in [0.5, 0.6) is 0 Å². The number of sulfone groups is 1. The zero-order chi connectivity index (χ0) is 14.3. The molecular weight excluding hydrogens is 364 g/mol. The van der Waals surface area contributed by atoms with Crippen LogP contribution in [0.25, 0.3) is 10.6 Å². The smallest absolute Gasteiger partial charge is 0.153 e. The fraction of sp³-hybridized carbons (Fsp3) is 0.333. The summed E-state index contributed by atoms with van der Waals surface area (Å²) >= 11 is 4.87. The molecule has 1 saturated heterocycles. The number of nitrogens with zero attached hydrogens (tertiary/aromatic N) is 2. The van der Waals surface area contributed by atoms with Gasteiger partial charge in [-0.25, -0.2) is 8.42 Å². The van der Waals surface area contributed by atoms with Crippen LogP contribution in [0.2, 0.25) is 0 Å². The van der Waals surface area contributed by atoms with E-state index in [0.29, 0.717) is 17.7 Å². The minimum absolute atomic E-state index is 0.0978. The lowest BCUT2D eigenvalue weighted by Crippen LogP contribution is -2.11. The van der Waals surface area contributed by atoms with Gasteiger partial charge in [0.15, 0.2) is 16.1 Å². The van der Waals surface area contributed by atoms with Gasteiger partial charge in [0.2, 0.25) is 0 Å².